The second kappa shape index (κ2) is 7.74. The number of nitrogens with one attached hydrogen (secondary N) is 2. The molecule has 0 bridgehead atoms. The monoisotopic (exact) mass is 279 g/mol. The van der Waals surface area contributed by atoms with Crippen LogP contribution in [0, 0.1) is 11.3 Å². The molecule has 1 aromatic carbocycles. The van der Waals surface area contributed by atoms with E-state index < -0.39 is 0 Å². The van der Waals surface area contributed by atoms with Crippen molar-refractivity contribution >= 4 is 11.6 Å². The first-order valence-corrected chi connectivity index (χ1v) is 5.83. The van der Waals surface area contributed by atoms with E-state index in [0.29, 0.717) is 22.9 Å². The number of anilines is 1. The minimum atomic E-state index is -0.277. The predicted molar refractivity (Wildman–Crippen MR) is 73.2 cm³/mol. The van der Waals surface area contributed by atoms with Gasteiger partial charge in [0.1, 0.15) is 6.54 Å². The van der Waals surface area contributed by atoms with Crippen molar-refractivity contribution in [3.05, 3.63) is 12.1 Å². The van der Waals surface area contributed by atoms with Crippen LogP contribution in [0.5, 0.6) is 17.2 Å². The number of amides is 1. The van der Waals surface area contributed by atoms with Gasteiger partial charge >= 0.3 is 0 Å². The molecule has 0 aliphatic rings. The maximum Gasteiger partial charge on any atom is 0.240 e. The summed E-state index contributed by atoms with van der Waals surface area (Å²) in [5.74, 6) is 1.19. The molecule has 0 spiro atoms. The van der Waals surface area contributed by atoms with Crippen molar-refractivity contribution < 1.29 is 19.0 Å². The Bertz CT molecular complexity index is 486. The van der Waals surface area contributed by atoms with Crippen LogP contribution in [0.4, 0.5) is 5.69 Å². The van der Waals surface area contributed by atoms with Crippen LogP contribution in [0.15, 0.2) is 12.1 Å². The van der Waals surface area contributed by atoms with Crippen LogP contribution in [-0.4, -0.2) is 40.3 Å². The highest BCUT2D eigenvalue weighted by Crippen LogP contribution is 2.39. The number of hydrogen-bond acceptors (Lipinski definition) is 6. The lowest BCUT2D eigenvalue weighted by Gasteiger charge is -2.14. The molecule has 0 heterocycles. The summed E-state index contributed by atoms with van der Waals surface area (Å²) >= 11 is 0. The van der Waals surface area contributed by atoms with Crippen molar-refractivity contribution in [1.29, 1.82) is 5.26 Å². The molecule has 1 amide bonds. The maximum absolute atomic E-state index is 11.4. The first-order chi connectivity index (χ1) is 9.65. The van der Waals surface area contributed by atoms with E-state index in [1.54, 1.807) is 12.1 Å². The Morgan fingerprint density at radius 3 is 2.25 bits per heavy atom. The second-order valence-electron chi connectivity index (χ2n) is 3.70. The van der Waals surface area contributed by atoms with Gasteiger partial charge in [-0.2, -0.15) is 5.26 Å². The summed E-state index contributed by atoms with van der Waals surface area (Å²) < 4.78 is 15.6. The molecule has 0 aromatic heterocycles. The molecule has 0 aliphatic carbocycles. The summed E-state index contributed by atoms with van der Waals surface area (Å²) in [6.45, 7) is 0.0239. The molecule has 0 unspecified atom stereocenters. The van der Waals surface area contributed by atoms with Crippen LogP contribution in [0.25, 0.3) is 0 Å². The molecule has 20 heavy (non-hydrogen) atoms. The molecule has 7 nitrogen and oxygen atoms in total. The summed E-state index contributed by atoms with van der Waals surface area (Å²) in [6.07, 6.45) is 0. The third-order valence-corrected chi connectivity index (χ3v) is 2.48. The summed E-state index contributed by atoms with van der Waals surface area (Å²) in [4.78, 5) is 11.4. The quantitative estimate of drug-likeness (QED) is 0.716. The minimum absolute atomic E-state index is 0.0181. The normalized spacial score (nSPS) is 9.30. The summed E-state index contributed by atoms with van der Waals surface area (Å²) in [5, 5.41) is 13.7. The molecular formula is C13H17N3O4. The van der Waals surface area contributed by atoms with Crippen LogP contribution in [0.1, 0.15) is 0 Å². The largest absolute Gasteiger partial charge is 0.493 e. The molecule has 0 fully saturated rings. The number of benzene rings is 1. The van der Waals surface area contributed by atoms with E-state index in [-0.39, 0.29) is 19.0 Å². The van der Waals surface area contributed by atoms with Crippen molar-refractivity contribution in [1.82, 2.24) is 5.32 Å². The van der Waals surface area contributed by atoms with Crippen LogP contribution in [0.2, 0.25) is 0 Å². The number of carbonyl (C=O) groups is 1. The standard InChI is InChI=1S/C13H17N3O4/c1-18-10-6-9(7-11(19-2)13(10)20-3)16-8-12(17)15-5-4-14/h6-7,16H,5,8H2,1-3H3,(H,15,17). The molecule has 108 valence electrons. The average Bonchev–Trinajstić information content (AvgIpc) is 2.49. The average molecular weight is 279 g/mol. The van der Waals surface area contributed by atoms with E-state index in [1.807, 2.05) is 6.07 Å². The second-order valence-corrected chi connectivity index (χ2v) is 3.70. The van der Waals surface area contributed by atoms with Crippen molar-refractivity contribution in [2.75, 3.05) is 39.7 Å². The number of nitrogens with zero attached hydrogens (tertiary/aromatic N) is 1. The van der Waals surface area contributed by atoms with E-state index in [0.717, 1.165) is 0 Å². The number of rotatable bonds is 7. The first kappa shape index (κ1) is 15.4. The molecular weight excluding hydrogens is 262 g/mol. The van der Waals surface area contributed by atoms with Gasteiger partial charge in [-0.1, -0.05) is 0 Å². The number of ether oxygens (including phenoxy) is 3. The number of carbonyl (C=O) groups excluding carboxylic acids is 1. The van der Waals surface area contributed by atoms with E-state index in [2.05, 4.69) is 10.6 Å². The molecule has 0 radical (unpaired) electrons. The minimum Gasteiger partial charge on any atom is -0.493 e. The predicted octanol–water partition coefficient (Wildman–Crippen LogP) is 0.764. The maximum atomic E-state index is 11.4. The molecule has 7 heteroatoms. The molecule has 0 saturated carbocycles. The zero-order valence-electron chi connectivity index (χ0n) is 11.6. The van der Waals surface area contributed by atoms with Gasteiger partial charge in [-0.15, -0.1) is 0 Å². The van der Waals surface area contributed by atoms with Crippen LogP contribution in [-0.2, 0) is 4.79 Å². The summed E-state index contributed by atoms with van der Waals surface area (Å²) in [5.41, 5.74) is 0.645. The molecule has 0 aliphatic heterocycles. The smallest absolute Gasteiger partial charge is 0.240 e. The van der Waals surface area contributed by atoms with Crippen LogP contribution < -0.4 is 24.8 Å². The van der Waals surface area contributed by atoms with Crippen molar-refractivity contribution in [2.24, 2.45) is 0 Å². The highest BCUT2D eigenvalue weighted by Gasteiger charge is 2.13. The van der Waals surface area contributed by atoms with E-state index >= 15 is 0 Å². The summed E-state index contributed by atoms with van der Waals surface area (Å²) in [6, 6.07) is 5.22. The third kappa shape index (κ3) is 3.95. The Balaban J connectivity index is 2.81. The Hall–Kier alpha value is -2.62. The topological polar surface area (TPSA) is 92.6 Å². The van der Waals surface area contributed by atoms with Gasteiger partial charge in [-0.25, -0.2) is 0 Å². The van der Waals surface area contributed by atoms with Gasteiger partial charge in [-0.05, 0) is 0 Å². The molecule has 1 rings (SSSR count). The van der Waals surface area contributed by atoms with E-state index in [1.165, 1.54) is 21.3 Å². The lowest BCUT2D eigenvalue weighted by molar-refractivity contribution is -0.119. The van der Waals surface area contributed by atoms with Crippen molar-refractivity contribution in [3.63, 3.8) is 0 Å². The first-order valence-electron chi connectivity index (χ1n) is 5.83. The summed E-state index contributed by atoms with van der Waals surface area (Å²) in [7, 11) is 4.55. The molecule has 0 saturated heterocycles. The lowest BCUT2D eigenvalue weighted by Crippen LogP contribution is -2.29. The van der Waals surface area contributed by atoms with Crippen molar-refractivity contribution in [2.45, 2.75) is 0 Å². The van der Waals surface area contributed by atoms with Gasteiger partial charge < -0.3 is 24.8 Å². The van der Waals surface area contributed by atoms with Gasteiger partial charge in [0.25, 0.3) is 0 Å². The van der Waals surface area contributed by atoms with Crippen LogP contribution in [0.3, 0.4) is 0 Å². The van der Waals surface area contributed by atoms with E-state index in [9.17, 15) is 4.79 Å². The Morgan fingerprint density at radius 2 is 1.80 bits per heavy atom. The van der Waals surface area contributed by atoms with Crippen molar-refractivity contribution in [3.8, 4) is 23.3 Å². The van der Waals surface area contributed by atoms with Crippen LogP contribution >= 0.6 is 0 Å². The van der Waals surface area contributed by atoms with E-state index in [4.69, 9.17) is 19.5 Å². The Kier molecular flexibility index (Phi) is 5.97. The Labute approximate surface area is 117 Å². The Morgan fingerprint density at radius 1 is 1.20 bits per heavy atom. The highest BCUT2D eigenvalue weighted by molar-refractivity contribution is 5.81. The highest BCUT2D eigenvalue weighted by atomic mass is 16.5. The number of nitriles is 1. The fourth-order valence-corrected chi connectivity index (χ4v) is 1.57. The number of methoxy groups -OCH3 is 3. The molecule has 1 aromatic rings. The fourth-order valence-electron chi connectivity index (χ4n) is 1.57. The number of hydrogen-bond donors (Lipinski definition) is 2. The van der Waals surface area contributed by atoms with Gasteiger partial charge in [0.2, 0.25) is 11.7 Å². The van der Waals surface area contributed by atoms with Gasteiger partial charge in [-0.3, -0.25) is 4.79 Å². The SMILES string of the molecule is COc1cc(NCC(=O)NCC#N)cc(OC)c1OC. The van der Waals surface area contributed by atoms with Gasteiger partial charge in [0.15, 0.2) is 11.5 Å². The van der Waals surface area contributed by atoms with Gasteiger partial charge in [0, 0.05) is 17.8 Å². The fraction of sp³-hybridized carbons (Fsp3) is 0.385. The lowest BCUT2D eigenvalue weighted by atomic mass is 10.2. The van der Waals surface area contributed by atoms with Gasteiger partial charge in [0.05, 0.1) is 33.9 Å². The third-order valence-electron chi connectivity index (χ3n) is 2.48. The zero-order chi connectivity index (χ0) is 15.0. The molecule has 2 N–H and O–H groups in total. The zero-order valence-corrected chi connectivity index (χ0v) is 11.6. The molecule has 0 atom stereocenters.